The fraction of sp³-hybridized carbons (Fsp3) is 1.00. The lowest BCUT2D eigenvalue weighted by molar-refractivity contribution is 0.0738. The highest BCUT2D eigenvalue weighted by Gasteiger charge is 2.37. The predicted molar refractivity (Wildman–Crippen MR) is 82.1 cm³/mol. The second kappa shape index (κ2) is 6.62. The van der Waals surface area contributed by atoms with Crippen molar-refractivity contribution in [2.75, 3.05) is 25.9 Å². The summed E-state index contributed by atoms with van der Waals surface area (Å²) in [6.07, 6.45) is 12.0. The van der Waals surface area contributed by atoms with E-state index in [0.717, 1.165) is 18.5 Å². The zero-order chi connectivity index (χ0) is 13.0. The van der Waals surface area contributed by atoms with Crippen molar-refractivity contribution >= 4 is 11.8 Å². The Morgan fingerprint density at radius 2 is 1.89 bits per heavy atom. The summed E-state index contributed by atoms with van der Waals surface area (Å²) in [5, 5.41) is 0. The van der Waals surface area contributed by atoms with Crippen LogP contribution >= 0.6 is 11.8 Å². The molecular weight excluding hydrogens is 240 g/mol. The van der Waals surface area contributed by atoms with Gasteiger partial charge in [-0.05, 0) is 50.9 Å². The Balaban J connectivity index is 1.92. The smallest absolute Gasteiger partial charge is 0.0303 e. The molecule has 2 unspecified atom stereocenters. The molecule has 2 atom stereocenters. The molecule has 0 bridgehead atoms. The minimum Gasteiger partial charge on any atom is -0.329 e. The Labute approximate surface area is 117 Å². The van der Waals surface area contributed by atoms with Crippen molar-refractivity contribution in [3.8, 4) is 0 Å². The number of thioether (sulfide) groups is 1. The van der Waals surface area contributed by atoms with Crippen LogP contribution in [-0.2, 0) is 0 Å². The Kier molecular flexibility index (Phi) is 5.40. The van der Waals surface area contributed by atoms with Crippen LogP contribution in [0.4, 0.5) is 0 Å². The summed E-state index contributed by atoms with van der Waals surface area (Å²) in [6.45, 7) is 5.78. The largest absolute Gasteiger partial charge is 0.329 e. The van der Waals surface area contributed by atoms with E-state index >= 15 is 0 Å². The van der Waals surface area contributed by atoms with Gasteiger partial charge in [0.25, 0.3) is 0 Å². The molecule has 2 nitrogen and oxygen atoms in total. The average molecular weight is 270 g/mol. The lowest BCUT2D eigenvalue weighted by Gasteiger charge is -2.46. The third-order valence-corrected chi connectivity index (χ3v) is 6.82. The van der Waals surface area contributed by atoms with E-state index < -0.39 is 0 Å². The van der Waals surface area contributed by atoms with E-state index in [1.165, 1.54) is 58.0 Å². The maximum absolute atomic E-state index is 5.99. The van der Waals surface area contributed by atoms with E-state index in [1.807, 2.05) is 11.8 Å². The zero-order valence-electron chi connectivity index (χ0n) is 12.2. The number of likely N-dealkylation sites (tertiary alicyclic amines) is 1. The maximum Gasteiger partial charge on any atom is 0.0303 e. The van der Waals surface area contributed by atoms with Crippen molar-refractivity contribution in [3.05, 3.63) is 0 Å². The zero-order valence-corrected chi connectivity index (χ0v) is 13.0. The van der Waals surface area contributed by atoms with Crippen LogP contribution in [0.5, 0.6) is 0 Å². The first-order valence-corrected chi connectivity index (χ1v) is 8.96. The third kappa shape index (κ3) is 3.05. The second-order valence-electron chi connectivity index (χ2n) is 6.15. The van der Waals surface area contributed by atoms with Gasteiger partial charge in [-0.1, -0.05) is 26.2 Å². The molecule has 1 saturated carbocycles. The van der Waals surface area contributed by atoms with Crippen molar-refractivity contribution < 1.29 is 0 Å². The van der Waals surface area contributed by atoms with Crippen LogP contribution in [-0.4, -0.2) is 41.6 Å². The van der Waals surface area contributed by atoms with E-state index in [-0.39, 0.29) is 0 Å². The molecule has 106 valence electrons. The Morgan fingerprint density at radius 3 is 2.44 bits per heavy atom. The first-order chi connectivity index (χ1) is 8.74. The molecule has 0 aromatic carbocycles. The molecule has 18 heavy (non-hydrogen) atoms. The number of nitrogens with two attached hydrogens (primary N) is 1. The molecule has 0 aromatic rings. The molecule has 1 aliphatic heterocycles. The molecule has 0 spiro atoms. The minimum atomic E-state index is 0.382. The van der Waals surface area contributed by atoms with Crippen LogP contribution in [0.25, 0.3) is 0 Å². The normalized spacial score (nSPS) is 33.5. The summed E-state index contributed by atoms with van der Waals surface area (Å²) >= 11 is 2.00. The summed E-state index contributed by atoms with van der Waals surface area (Å²) in [7, 11) is 0. The summed E-state index contributed by atoms with van der Waals surface area (Å²) in [5.41, 5.74) is 5.99. The molecule has 2 fully saturated rings. The van der Waals surface area contributed by atoms with Crippen LogP contribution in [0.2, 0.25) is 0 Å². The molecule has 0 amide bonds. The van der Waals surface area contributed by atoms with E-state index in [9.17, 15) is 0 Å². The van der Waals surface area contributed by atoms with Gasteiger partial charge >= 0.3 is 0 Å². The highest BCUT2D eigenvalue weighted by molar-refractivity contribution is 8.00. The Hall–Kier alpha value is 0.270. The third-order valence-electron chi connectivity index (χ3n) is 5.38. The Morgan fingerprint density at radius 1 is 1.22 bits per heavy atom. The van der Waals surface area contributed by atoms with E-state index in [4.69, 9.17) is 5.73 Å². The minimum absolute atomic E-state index is 0.382. The highest BCUT2D eigenvalue weighted by Crippen LogP contribution is 2.37. The van der Waals surface area contributed by atoms with Gasteiger partial charge in [0.15, 0.2) is 0 Å². The number of hydrogen-bond acceptors (Lipinski definition) is 3. The second-order valence-corrected chi connectivity index (χ2v) is 7.42. The average Bonchev–Trinajstić information content (AvgIpc) is 2.47. The van der Waals surface area contributed by atoms with Gasteiger partial charge in [-0.15, -0.1) is 0 Å². The molecule has 1 aliphatic carbocycles. The maximum atomic E-state index is 5.99. The van der Waals surface area contributed by atoms with Crippen molar-refractivity contribution in [2.45, 2.75) is 62.7 Å². The molecule has 2 rings (SSSR count). The predicted octanol–water partition coefficient (Wildman–Crippen LogP) is 3.11. The summed E-state index contributed by atoms with van der Waals surface area (Å²) in [5.74, 6) is 0.957. The Bertz CT molecular complexity index is 243. The van der Waals surface area contributed by atoms with Crippen molar-refractivity contribution in [2.24, 2.45) is 11.7 Å². The highest BCUT2D eigenvalue weighted by atomic mass is 32.2. The molecule has 1 saturated heterocycles. The van der Waals surface area contributed by atoms with Crippen LogP contribution in [0.1, 0.15) is 51.9 Å². The summed E-state index contributed by atoms with van der Waals surface area (Å²) < 4.78 is 0.382. The van der Waals surface area contributed by atoms with Gasteiger partial charge in [0.05, 0.1) is 0 Å². The lowest BCUT2D eigenvalue weighted by atomic mass is 9.80. The molecule has 3 heteroatoms. The number of piperidine rings is 1. The summed E-state index contributed by atoms with van der Waals surface area (Å²) in [4.78, 5) is 2.79. The van der Waals surface area contributed by atoms with Crippen LogP contribution in [0.15, 0.2) is 0 Å². The van der Waals surface area contributed by atoms with Gasteiger partial charge in [-0.25, -0.2) is 0 Å². The first kappa shape index (κ1) is 14.7. The van der Waals surface area contributed by atoms with Crippen LogP contribution in [0.3, 0.4) is 0 Å². The molecule has 0 radical (unpaired) electrons. The summed E-state index contributed by atoms with van der Waals surface area (Å²) in [6, 6.07) is 0.876. The molecule has 1 heterocycles. The molecule has 2 aliphatic rings. The van der Waals surface area contributed by atoms with Crippen molar-refractivity contribution in [1.82, 2.24) is 4.90 Å². The standard InChI is InChI=1S/C15H30N2S/c1-3-13-6-4-5-7-14(13)17-10-8-15(12-16,18-2)9-11-17/h13-14H,3-12,16H2,1-2H3. The number of nitrogens with zero attached hydrogens (tertiary/aromatic N) is 1. The monoisotopic (exact) mass is 270 g/mol. The number of hydrogen-bond donors (Lipinski definition) is 1. The van der Waals surface area contributed by atoms with E-state index in [1.54, 1.807) is 0 Å². The van der Waals surface area contributed by atoms with Gasteiger partial charge in [0.2, 0.25) is 0 Å². The SMILES string of the molecule is CCC1CCCCC1N1CCC(CN)(SC)CC1. The van der Waals surface area contributed by atoms with Crippen molar-refractivity contribution in [3.63, 3.8) is 0 Å². The van der Waals surface area contributed by atoms with Gasteiger partial charge in [-0.3, -0.25) is 0 Å². The lowest BCUT2D eigenvalue weighted by Crippen LogP contribution is -2.52. The van der Waals surface area contributed by atoms with Gasteiger partial charge < -0.3 is 10.6 Å². The fourth-order valence-corrected chi connectivity index (χ4v) is 4.66. The molecule has 2 N–H and O–H groups in total. The fourth-order valence-electron chi connectivity index (χ4n) is 3.90. The number of rotatable bonds is 4. The van der Waals surface area contributed by atoms with Gasteiger partial charge in [-0.2, -0.15) is 11.8 Å². The first-order valence-electron chi connectivity index (χ1n) is 7.74. The van der Waals surface area contributed by atoms with Gasteiger partial charge in [0.1, 0.15) is 0 Å². The van der Waals surface area contributed by atoms with Crippen LogP contribution < -0.4 is 5.73 Å². The van der Waals surface area contributed by atoms with E-state index in [0.29, 0.717) is 4.75 Å². The quantitative estimate of drug-likeness (QED) is 0.851. The van der Waals surface area contributed by atoms with E-state index in [2.05, 4.69) is 18.1 Å². The van der Waals surface area contributed by atoms with Gasteiger partial charge in [0, 0.05) is 17.3 Å². The van der Waals surface area contributed by atoms with Crippen molar-refractivity contribution in [1.29, 1.82) is 0 Å². The molecular formula is C15H30N2S. The van der Waals surface area contributed by atoms with Crippen LogP contribution in [0, 0.1) is 5.92 Å². The molecule has 0 aromatic heterocycles. The topological polar surface area (TPSA) is 29.3 Å².